The van der Waals surface area contributed by atoms with Gasteiger partial charge in [0, 0.05) is 20.3 Å². The van der Waals surface area contributed by atoms with E-state index in [1.54, 1.807) is 37.1 Å². The molecule has 0 unspecified atom stereocenters. The van der Waals surface area contributed by atoms with Crippen molar-refractivity contribution >= 4 is 10.0 Å². The molecule has 0 amide bonds. The molecule has 1 aromatic carbocycles. The standard InChI is InChI=1S/C16H23N3O2S/c1-5-13(2)14-6-8-16(9-7-14)22(20,21)18(3)12-15-10-11-17-19(15)4/h6-11,13H,5,12H2,1-4H3/t13-/m0/s1. The predicted octanol–water partition coefficient (Wildman–Crippen LogP) is 2.75. The van der Waals surface area contributed by atoms with Gasteiger partial charge < -0.3 is 0 Å². The van der Waals surface area contributed by atoms with E-state index in [0.29, 0.717) is 17.4 Å². The largest absolute Gasteiger partial charge is 0.271 e. The molecule has 0 radical (unpaired) electrons. The molecule has 5 nitrogen and oxygen atoms in total. The van der Waals surface area contributed by atoms with E-state index in [9.17, 15) is 8.42 Å². The molecule has 0 saturated carbocycles. The molecule has 1 atom stereocenters. The number of aromatic nitrogens is 2. The summed E-state index contributed by atoms with van der Waals surface area (Å²) in [5.74, 6) is 0.434. The number of hydrogen-bond acceptors (Lipinski definition) is 3. The number of benzene rings is 1. The van der Waals surface area contributed by atoms with Crippen LogP contribution < -0.4 is 0 Å². The van der Waals surface area contributed by atoms with Gasteiger partial charge in [-0.1, -0.05) is 26.0 Å². The fourth-order valence-corrected chi connectivity index (χ4v) is 3.40. The highest BCUT2D eigenvalue weighted by Crippen LogP contribution is 2.22. The van der Waals surface area contributed by atoms with Crippen molar-refractivity contribution in [3.63, 3.8) is 0 Å². The van der Waals surface area contributed by atoms with Crippen LogP contribution in [0.2, 0.25) is 0 Å². The van der Waals surface area contributed by atoms with Crippen LogP contribution in [-0.2, 0) is 23.6 Å². The van der Waals surface area contributed by atoms with Crippen molar-refractivity contribution in [3.8, 4) is 0 Å². The lowest BCUT2D eigenvalue weighted by Crippen LogP contribution is -2.27. The van der Waals surface area contributed by atoms with E-state index in [-0.39, 0.29) is 0 Å². The van der Waals surface area contributed by atoms with Gasteiger partial charge in [-0.15, -0.1) is 0 Å². The highest BCUT2D eigenvalue weighted by Gasteiger charge is 2.21. The SMILES string of the molecule is CC[C@H](C)c1ccc(S(=O)(=O)N(C)Cc2ccnn2C)cc1. The van der Waals surface area contributed by atoms with Gasteiger partial charge in [0.15, 0.2) is 0 Å². The molecule has 2 aromatic rings. The Morgan fingerprint density at radius 2 is 1.86 bits per heavy atom. The van der Waals surface area contributed by atoms with Crippen molar-refractivity contribution in [1.82, 2.24) is 14.1 Å². The zero-order chi connectivity index (χ0) is 16.3. The Kier molecular flexibility index (Phi) is 5.03. The summed E-state index contributed by atoms with van der Waals surface area (Å²) < 4.78 is 28.3. The second-order valence-corrected chi connectivity index (χ2v) is 7.63. The van der Waals surface area contributed by atoms with Gasteiger partial charge in [0.25, 0.3) is 0 Å². The maximum Gasteiger partial charge on any atom is 0.243 e. The average Bonchev–Trinajstić information content (AvgIpc) is 2.91. The summed E-state index contributed by atoms with van der Waals surface area (Å²) in [4.78, 5) is 0.323. The van der Waals surface area contributed by atoms with Crippen LogP contribution in [0.25, 0.3) is 0 Å². The molecule has 1 heterocycles. The van der Waals surface area contributed by atoms with Crippen molar-refractivity contribution in [3.05, 3.63) is 47.8 Å². The molecular weight excluding hydrogens is 298 g/mol. The molecule has 22 heavy (non-hydrogen) atoms. The van der Waals surface area contributed by atoms with Gasteiger partial charge >= 0.3 is 0 Å². The van der Waals surface area contributed by atoms with E-state index >= 15 is 0 Å². The summed E-state index contributed by atoms with van der Waals surface area (Å²) in [6, 6.07) is 9.00. The first-order valence-corrected chi connectivity index (χ1v) is 8.83. The van der Waals surface area contributed by atoms with Crippen LogP contribution in [0.5, 0.6) is 0 Å². The molecule has 2 rings (SSSR count). The highest BCUT2D eigenvalue weighted by atomic mass is 32.2. The second kappa shape index (κ2) is 6.62. The van der Waals surface area contributed by atoms with E-state index in [4.69, 9.17) is 0 Å². The van der Waals surface area contributed by atoms with Crippen LogP contribution in [0.15, 0.2) is 41.4 Å². The topological polar surface area (TPSA) is 55.2 Å². The summed E-state index contributed by atoms with van der Waals surface area (Å²) in [5.41, 5.74) is 2.01. The lowest BCUT2D eigenvalue weighted by atomic mass is 9.99. The van der Waals surface area contributed by atoms with E-state index in [1.165, 1.54) is 4.31 Å². The molecule has 0 aliphatic heterocycles. The van der Waals surface area contributed by atoms with Gasteiger partial charge in [0.05, 0.1) is 17.1 Å². The van der Waals surface area contributed by atoms with Gasteiger partial charge in [-0.2, -0.15) is 9.40 Å². The van der Waals surface area contributed by atoms with Crippen molar-refractivity contribution in [2.45, 2.75) is 37.6 Å². The Morgan fingerprint density at radius 1 is 1.23 bits per heavy atom. The minimum Gasteiger partial charge on any atom is -0.271 e. The molecule has 0 aliphatic rings. The van der Waals surface area contributed by atoms with E-state index in [1.807, 2.05) is 18.2 Å². The lowest BCUT2D eigenvalue weighted by molar-refractivity contribution is 0.453. The minimum absolute atomic E-state index is 0.298. The molecule has 0 aliphatic carbocycles. The smallest absolute Gasteiger partial charge is 0.243 e. The van der Waals surface area contributed by atoms with Gasteiger partial charge in [-0.3, -0.25) is 4.68 Å². The van der Waals surface area contributed by atoms with Crippen LogP contribution in [0.3, 0.4) is 0 Å². The summed E-state index contributed by atoms with van der Waals surface area (Å²) in [7, 11) is -0.0983. The maximum absolute atomic E-state index is 12.6. The molecule has 1 aromatic heterocycles. The van der Waals surface area contributed by atoms with Crippen molar-refractivity contribution in [1.29, 1.82) is 0 Å². The summed E-state index contributed by atoms with van der Waals surface area (Å²) in [6.45, 7) is 4.56. The zero-order valence-corrected chi connectivity index (χ0v) is 14.3. The van der Waals surface area contributed by atoms with E-state index in [2.05, 4.69) is 18.9 Å². The number of aryl methyl sites for hydroxylation is 1. The Labute approximate surface area is 132 Å². The fraction of sp³-hybridized carbons (Fsp3) is 0.438. The average molecular weight is 321 g/mol. The fourth-order valence-electron chi connectivity index (χ4n) is 2.25. The van der Waals surface area contributed by atoms with E-state index in [0.717, 1.165) is 17.7 Å². The van der Waals surface area contributed by atoms with Crippen molar-refractivity contribution in [2.75, 3.05) is 7.05 Å². The predicted molar refractivity (Wildman–Crippen MR) is 87.0 cm³/mol. The molecule has 0 spiro atoms. The molecular formula is C16H23N3O2S. The van der Waals surface area contributed by atoms with Gasteiger partial charge in [-0.05, 0) is 36.1 Å². The van der Waals surface area contributed by atoms with Gasteiger partial charge in [-0.25, -0.2) is 8.42 Å². The number of hydrogen-bond donors (Lipinski definition) is 0. The molecule has 0 N–H and O–H groups in total. The first kappa shape index (κ1) is 16.7. The van der Waals surface area contributed by atoms with Crippen LogP contribution >= 0.6 is 0 Å². The Hall–Kier alpha value is -1.66. The van der Waals surface area contributed by atoms with Crippen molar-refractivity contribution in [2.24, 2.45) is 7.05 Å². The first-order valence-electron chi connectivity index (χ1n) is 7.39. The monoisotopic (exact) mass is 321 g/mol. The lowest BCUT2D eigenvalue weighted by Gasteiger charge is -2.18. The van der Waals surface area contributed by atoms with Crippen molar-refractivity contribution < 1.29 is 8.42 Å². The normalized spacial score (nSPS) is 13.5. The van der Waals surface area contributed by atoms with Crippen LogP contribution in [-0.4, -0.2) is 29.6 Å². The highest BCUT2D eigenvalue weighted by molar-refractivity contribution is 7.89. The zero-order valence-electron chi connectivity index (χ0n) is 13.5. The molecule has 120 valence electrons. The third-order valence-corrected chi connectivity index (χ3v) is 5.89. The van der Waals surface area contributed by atoms with E-state index < -0.39 is 10.0 Å². The summed E-state index contributed by atoms with van der Waals surface area (Å²) >= 11 is 0. The minimum atomic E-state index is -3.49. The van der Waals surface area contributed by atoms with Gasteiger partial charge in [0.1, 0.15) is 0 Å². The summed E-state index contributed by atoms with van der Waals surface area (Å²) in [6.07, 6.45) is 2.70. The third-order valence-electron chi connectivity index (χ3n) is 4.08. The Morgan fingerprint density at radius 3 is 2.36 bits per heavy atom. The molecule has 0 bridgehead atoms. The summed E-state index contributed by atoms with van der Waals surface area (Å²) in [5, 5.41) is 4.06. The second-order valence-electron chi connectivity index (χ2n) is 5.59. The molecule has 6 heteroatoms. The molecule has 0 saturated heterocycles. The number of nitrogens with zero attached hydrogens (tertiary/aromatic N) is 3. The number of rotatable bonds is 6. The van der Waals surface area contributed by atoms with Gasteiger partial charge in [0.2, 0.25) is 10.0 Å². The Bertz CT molecular complexity index is 720. The van der Waals surface area contributed by atoms with Crippen LogP contribution in [0.1, 0.15) is 37.4 Å². The quantitative estimate of drug-likeness (QED) is 0.822. The first-order chi connectivity index (χ1) is 10.4. The maximum atomic E-state index is 12.6. The van der Waals surface area contributed by atoms with Crippen LogP contribution in [0.4, 0.5) is 0 Å². The third kappa shape index (κ3) is 3.39. The van der Waals surface area contributed by atoms with Crippen LogP contribution in [0, 0.1) is 0 Å². The Balaban J connectivity index is 2.20. The number of sulfonamides is 1. The molecule has 0 fully saturated rings.